The molecule has 0 fully saturated rings. The Balaban J connectivity index is 2.79. The highest BCUT2D eigenvalue weighted by molar-refractivity contribution is 14.1. The van der Waals surface area contributed by atoms with Crippen molar-refractivity contribution in [3.63, 3.8) is 0 Å². The molecule has 0 saturated carbocycles. The van der Waals surface area contributed by atoms with Gasteiger partial charge in [0.15, 0.2) is 5.69 Å². The van der Waals surface area contributed by atoms with Crippen molar-refractivity contribution in [1.82, 2.24) is 9.78 Å². The number of nitrogens with zero attached hydrogens (tertiary/aromatic N) is 3. The van der Waals surface area contributed by atoms with Gasteiger partial charge in [-0.25, -0.2) is 4.68 Å². The quantitative estimate of drug-likeness (QED) is 0.665. The smallest absolute Gasteiger partial charge is 0.383 e. The van der Waals surface area contributed by atoms with Gasteiger partial charge in [0.25, 0.3) is 0 Å². The zero-order valence-corrected chi connectivity index (χ0v) is 13.5. The molecule has 1 heterocycles. The van der Waals surface area contributed by atoms with Crippen molar-refractivity contribution in [2.45, 2.75) is 6.18 Å². The van der Waals surface area contributed by atoms with Gasteiger partial charge in [0.2, 0.25) is 0 Å². The first kappa shape index (κ1) is 16.2. The van der Waals surface area contributed by atoms with E-state index >= 15 is 0 Å². The third-order valence-corrected chi connectivity index (χ3v) is 4.30. The zero-order chi connectivity index (χ0) is 15.9. The molecule has 0 radical (unpaired) electrons. The molecule has 21 heavy (non-hydrogen) atoms. The fourth-order valence-corrected chi connectivity index (χ4v) is 2.70. The number of alkyl halides is 3. The van der Waals surface area contributed by atoms with Gasteiger partial charge in [-0.05, 0) is 34.7 Å². The maximum atomic E-state index is 12.9. The summed E-state index contributed by atoms with van der Waals surface area (Å²) in [4.78, 5) is 0. The van der Waals surface area contributed by atoms with Crippen molar-refractivity contribution in [2.24, 2.45) is 0 Å². The van der Waals surface area contributed by atoms with Crippen LogP contribution >= 0.6 is 45.8 Å². The molecule has 0 saturated heterocycles. The maximum Gasteiger partial charge on any atom is 0.417 e. The van der Waals surface area contributed by atoms with Crippen molar-refractivity contribution in [3.05, 3.63) is 37.0 Å². The van der Waals surface area contributed by atoms with Gasteiger partial charge >= 0.3 is 6.18 Å². The average molecular weight is 447 g/mol. The first-order valence-corrected chi connectivity index (χ1v) is 7.01. The second-order valence-electron chi connectivity index (χ2n) is 3.83. The fourth-order valence-electron chi connectivity index (χ4n) is 1.61. The summed E-state index contributed by atoms with van der Waals surface area (Å²) in [5, 5.41) is 12.0. The number of aromatic nitrogens is 2. The Kier molecular flexibility index (Phi) is 4.28. The first-order chi connectivity index (χ1) is 9.68. The number of benzene rings is 1. The van der Waals surface area contributed by atoms with E-state index in [4.69, 9.17) is 34.2 Å². The third kappa shape index (κ3) is 2.77. The molecule has 1 aromatic carbocycles. The normalized spacial score (nSPS) is 11.5. The molecule has 1 aromatic heterocycles. The summed E-state index contributed by atoms with van der Waals surface area (Å²) >= 11 is 13.5. The van der Waals surface area contributed by atoms with E-state index < -0.39 is 16.8 Å². The number of nitrogens with two attached hydrogens (primary N) is 1. The van der Waals surface area contributed by atoms with Gasteiger partial charge in [0, 0.05) is 0 Å². The lowest BCUT2D eigenvalue weighted by atomic mass is 10.2. The highest BCUT2D eigenvalue weighted by atomic mass is 127. The van der Waals surface area contributed by atoms with Gasteiger partial charge in [0.1, 0.15) is 17.6 Å². The summed E-state index contributed by atoms with van der Waals surface area (Å²) in [6, 6.07) is 3.60. The van der Waals surface area contributed by atoms with Crippen molar-refractivity contribution in [1.29, 1.82) is 5.26 Å². The van der Waals surface area contributed by atoms with E-state index in [1.165, 1.54) is 0 Å². The molecule has 0 aliphatic carbocycles. The second-order valence-corrected chi connectivity index (χ2v) is 5.69. The molecule has 2 rings (SSSR count). The van der Waals surface area contributed by atoms with E-state index in [-0.39, 0.29) is 22.2 Å². The van der Waals surface area contributed by atoms with Crippen molar-refractivity contribution in [2.75, 3.05) is 5.73 Å². The average Bonchev–Trinajstić information content (AvgIpc) is 2.65. The lowest BCUT2D eigenvalue weighted by Crippen LogP contribution is -2.10. The molecule has 10 heteroatoms. The Bertz CT molecular complexity index is 764. The number of hydrogen-bond acceptors (Lipinski definition) is 3. The predicted molar refractivity (Wildman–Crippen MR) is 80.4 cm³/mol. The van der Waals surface area contributed by atoms with Crippen LogP contribution in [-0.4, -0.2) is 9.78 Å². The van der Waals surface area contributed by atoms with Crippen LogP contribution in [0, 0.1) is 14.9 Å². The molecule has 110 valence electrons. The van der Waals surface area contributed by atoms with E-state index in [9.17, 15) is 13.2 Å². The van der Waals surface area contributed by atoms with Crippen LogP contribution < -0.4 is 5.73 Å². The van der Waals surface area contributed by atoms with Gasteiger partial charge in [-0.3, -0.25) is 0 Å². The summed E-state index contributed by atoms with van der Waals surface area (Å²) in [7, 11) is 0. The Morgan fingerprint density at radius 3 is 2.43 bits per heavy atom. The van der Waals surface area contributed by atoms with Crippen LogP contribution in [0.5, 0.6) is 0 Å². The van der Waals surface area contributed by atoms with Crippen LogP contribution in [0.25, 0.3) is 5.69 Å². The van der Waals surface area contributed by atoms with Crippen LogP contribution in [0.15, 0.2) is 12.1 Å². The number of nitriles is 1. The molecule has 0 bridgehead atoms. The number of rotatable bonds is 1. The first-order valence-electron chi connectivity index (χ1n) is 5.18. The number of anilines is 1. The minimum Gasteiger partial charge on any atom is -0.383 e. The molecule has 2 aromatic rings. The summed E-state index contributed by atoms with van der Waals surface area (Å²) < 4.78 is 39.9. The van der Waals surface area contributed by atoms with Gasteiger partial charge in [0.05, 0.1) is 19.2 Å². The third-order valence-electron chi connectivity index (χ3n) is 2.55. The molecule has 0 aliphatic heterocycles. The van der Waals surface area contributed by atoms with E-state index in [0.29, 0.717) is 3.57 Å². The zero-order valence-electron chi connectivity index (χ0n) is 9.84. The molecule has 2 N–H and O–H groups in total. The van der Waals surface area contributed by atoms with Crippen LogP contribution in [0.3, 0.4) is 0 Å². The molecule has 0 amide bonds. The summed E-state index contributed by atoms with van der Waals surface area (Å²) in [6.45, 7) is 0. The molecule has 4 nitrogen and oxygen atoms in total. The largest absolute Gasteiger partial charge is 0.417 e. The van der Waals surface area contributed by atoms with E-state index in [1.807, 2.05) is 0 Å². The standard InChI is InChI=1S/C11H4Cl2F3IN4/c12-5-2-1-4(11(14,15)16)7(13)9(5)21-10(19)8(17)6(3-18)20-21/h1-2H,19H2. The Morgan fingerprint density at radius 2 is 1.95 bits per heavy atom. The molecule has 0 spiro atoms. The van der Waals surface area contributed by atoms with Gasteiger partial charge in [-0.2, -0.15) is 23.5 Å². The minimum atomic E-state index is -4.65. The van der Waals surface area contributed by atoms with Crippen molar-refractivity contribution in [3.8, 4) is 11.8 Å². The molecule has 0 aliphatic rings. The highest BCUT2D eigenvalue weighted by Crippen LogP contribution is 2.41. The molecule has 0 unspecified atom stereocenters. The van der Waals surface area contributed by atoms with Crippen LogP contribution in [0.2, 0.25) is 10.0 Å². The van der Waals surface area contributed by atoms with Gasteiger partial charge in [-0.1, -0.05) is 23.2 Å². The van der Waals surface area contributed by atoms with Crippen LogP contribution in [0.1, 0.15) is 11.3 Å². The molecular formula is C11H4Cl2F3IN4. The summed E-state index contributed by atoms with van der Waals surface area (Å²) in [5.74, 6) is -0.0183. The summed E-state index contributed by atoms with van der Waals surface area (Å²) in [5.41, 5.74) is 4.44. The summed E-state index contributed by atoms with van der Waals surface area (Å²) in [6.07, 6.45) is -4.65. The van der Waals surface area contributed by atoms with E-state index in [1.54, 1.807) is 28.7 Å². The van der Waals surface area contributed by atoms with E-state index in [2.05, 4.69) is 5.10 Å². The Morgan fingerprint density at radius 1 is 1.33 bits per heavy atom. The molecule has 0 atom stereocenters. The highest BCUT2D eigenvalue weighted by Gasteiger charge is 2.35. The lowest BCUT2D eigenvalue weighted by molar-refractivity contribution is -0.137. The Labute approximate surface area is 140 Å². The second kappa shape index (κ2) is 5.55. The van der Waals surface area contributed by atoms with Gasteiger partial charge in [-0.15, -0.1) is 0 Å². The van der Waals surface area contributed by atoms with E-state index in [0.717, 1.165) is 16.8 Å². The van der Waals surface area contributed by atoms with Crippen LogP contribution in [-0.2, 0) is 6.18 Å². The van der Waals surface area contributed by atoms with Gasteiger partial charge < -0.3 is 5.73 Å². The van der Waals surface area contributed by atoms with Crippen molar-refractivity contribution >= 4 is 51.6 Å². The van der Waals surface area contributed by atoms with Crippen LogP contribution in [0.4, 0.5) is 19.0 Å². The lowest BCUT2D eigenvalue weighted by Gasteiger charge is -2.14. The number of halogens is 6. The molecular weight excluding hydrogens is 443 g/mol. The maximum absolute atomic E-state index is 12.9. The minimum absolute atomic E-state index is 0.0183. The Hall–Kier alpha value is -1.18. The SMILES string of the molecule is N#Cc1nn(-c2c(Cl)ccc(C(F)(F)F)c2Cl)c(N)c1I. The topological polar surface area (TPSA) is 67.6 Å². The number of nitrogen functional groups attached to an aromatic ring is 1. The fraction of sp³-hybridized carbons (Fsp3) is 0.0909. The number of hydrogen-bond donors (Lipinski definition) is 1. The van der Waals surface area contributed by atoms with Crippen molar-refractivity contribution < 1.29 is 13.2 Å². The predicted octanol–water partition coefficient (Wildman–Crippen LogP) is 4.26. The monoisotopic (exact) mass is 446 g/mol.